The zero-order valence-corrected chi connectivity index (χ0v) is 33.5. The summed E-state index contributed by atoms with van der Waals surface area (Å²) in [5.74, 6) is 2.06. The van der Waals surface area contributed by atoms with E-state index in [9.17, 15) is 13.8 Å². The standard InChI is InChI=1S/C41H55ClN4O4S.CH4O/c1-4-8-29-19-34(42)14-16-36(29)33-23-45-21-32-12-15-37(32)31(22-46-24-35-11-5-6-18-44(35)25-40(46)47)10-7-9-27(2)28(3)51(49)43-41(48)30-13-17-39(50-26-33)38(45)20-30;1-2/h7,10,13-14,16-17,19-20,27-28,31-33,35,37H,4-6,8-9,11-12,15,18,21-26H2,1-3H3,(H,43,48);2H,1H3/b10-7+;. The summed E-state index contributed by atoms with van der Waals surface area (Å²) in [7, 11) is -0.541. The largest absolute Gasteiger partial charge is 0.491 e. The Balaban J connectivity index is 0.00000236. The first kappa shape index (κ1) is 39.8. The summed E-state index contributed by atoms with van der Waals surface area (Å²) in [6, 6.07) is 12.4. The summed E-state index contributed by atoms with van der Waals surface area (Å²) < 4.78 is 22.8. The first-order chi connectivity index (χ1) is 25.7. The Morgan fingerprint density at radius 2 is 1.85 bits per heavy atom. The summed E-state index contributed by atoms with van der Waals surface area (Å²) in [6.45, 7) is 11.5. The molecule has 3 fully saturated rings. The Labute approximate surface area is 324 Å². The van der Waals surface area contributed by atoms with Crippen molar-refractivity contribution in [1.29, 1.82) is 0 Å². The molecule has 8 atom stereocenters. The second-order valence-corrected chi connectivity index (χ2v) is 17.8. The highest BCUT2D eigenvalue weighted by molar-refractivity contribution is 7.84. The zero-order valence-electron chi connectivity index (χ0n) is 32.0. The van der Waals surface area contributed by atoms with E-state index in [2.05, 4.69) is 57.6 Å². The highest BCUT2D eigenvalue weighted by Crippen LogP contribution is 2.45. The number of hydrogen-bond donors (Lipinski definition) is 2. The SMILES string of the molecule is CCCc1cc(Cl)ccc1C1COc2ccc3cc2N(C1)CC1CCC1C(CN1CC2CCCCN2CC1=O)/C=C/CC(C)C(C)S(=O)NC3=O.CO. The van der Waals surface area contributed by atoms with Gasteiger partial charge in [-0.25, -0.2) is 4.21 Å². The highest BCUT2D eigenvalue weighted by atomic mass is 35.5. The van der Waals surface area contributed by atoms with Crippen molar-refractivity contribution in [3.05, 3.63) is 70.3 Å². The van der Waals surface area contributed by atoms with E-state index < -0.39 is 11.0 Å². The first-order valence-electron chi connectivity index (χ1n) is 19.8. The number of carbonyl (C=O) groups excluding carboxylic acids is 2. The lowest BCUT2D eigenvalue weighted by atomic mass is 9.66. The second-order valence-electron chi connectivity index (χ2n) is 15.8. The monoisotopic (exact) mass is 766 g/mol. The van der Waals surface area contributed by atoms with Gasteiger partial charge in [0, 0.05) is 55.8 Å². The molecule has 7 rings (SSSR count). The minimum absolute atomic E-state index is 0.110. The van der Waals surface area contributed by atoms with E-state index >= 15 is 0 Å². The highest BCUT2D eigenvalue weighted by Gasteiger charge is 2.41. The van der Waals surface area contributed by atoms with Crippen molar-refractivity contribution in [2.45, 2.75) is 89.3 Å². The third-order valence-electron chi connectivity index (χ3n) is 12.5. The third-order valence-corrected chi connectivity index (χ3v) is 14.3. The number of halogens is 1. The summed E-state index contributed by atoms with van der Waals surface area (Å²) in [4.78, 5) is 34.1. The Hall–Kier alpha value is -2.92. The lowest BCUT2D eigenvalue weighted by molar-refractivity contribution is -0.140. The Bertz CT molecular complexity index is 1660. The van der Waals surface area contributed by atoms with Gasteiger partial charge in [-0.05, 0) is 117 Å². The molecule has 290 valence electrons. The van der Waals surface area contributed by atoms with Crippen LogP contribution in [0, 0.1) is 23.7 Å². The number of aliphatic hydroxyl groups excluding tert-OH is 1. The van der Waals surface area contributed by atoms with Crippen molar-refractivity contribution >= 4 is 40.1 Å². The summed E-state index contributed by atoms with van der Waals surface area (Å²) in [5.41, 5.74) is 3.93. The van der Waals surface area contributed by atoms with Gasteiger partial charge in [0.2, 0.25) is 5.91 Å². The third kappa shape index (κ3) is 9.14. The average molecular weight is 767 g/mol. The predicted molar refractivity (Wildman–Crippen MR) is 214 cm³/mol. The lowest BCUT2D eigenvalue weighted by Gasteiger charge is -2.48. The van der Waals surface area contributed by atoms with Crippen LogP contribution in [-0.4, -0.2) is 95.2 Å². The minimum atomic E-state index is -1.54. The molecule has 0 radical (unpaired) electrons. The first-order valence-corrected chi connectivity index (χ1v) is 21.4. The van der Waals surface area contributed by atoms with Gasteiger partial charge < -0.3 is 19.6 Å². The molecular formula is C42H59ClN4O5S. The van der Waals surface area contributed by atoms with E-state index in [0.29, 0.717) is 36.6 Å². The number of benzene rings is 2. The fourth-order valence-electron chi connectivity index (χ4n) is 9.11. The molecule has 53 heavy (non-hydrogen) atoms. The summed E-state index contributed by atoms with van der Waals surface area (Å²) >= 11 is 6.49. The van der Waals surface area contributed by atoms with E-state index in [-0.39, 0.29) is 34.8 Å². The number of nitrogens with one attached hydrogen (secondary N) is 1. The van der Waals surface area contributed by atoms with Crippen LogP contribution in [0.25, 0.3) is 0 Å². The van der Waals surface area contributed by atoms with Gasteiger partial charge in [0.05, 0.1) is 24.1 Å². The molecule has 0 spiro atoms. The second kappa shape index (κ2) is 18.1. The van der Waals surface area contributed by atoms with E-state index in [4.69, 9.17) is 21.4 Å². The van der Waals surface area contributed by atoms with Crippen LogP contribution in [0.4, 0.5) is 5.69 Å². The number of piperazine rings is 1. The maximum Gasteiger partial charge on any atom is 0.263 e. The number of anilines is 1. The summed E-state index contributed by atoms with van der Waals surface area (Å²) in [5, 5.41) is 7.53. The molecule has 4 aliphatic heterocycles. The molecule has 1 aliphatic carbocycles. The van der Waals surface area contributed by atoms with E-state index in [1.165, 1.54) is 30.4 Å². The van der Waals surface area contributed by atoms with Crippen molar-refractivity contribution in [3.8, 4) is 5.75 Å². The smallest absolute Gasteiger partial charge is 0.263 e. The molecule has 2 N–H and O–H groups in total. The molecule has 2 amide bonds. The number of piperidine rings is 1. The molecule has 0 aromatic heterocycles. The zero-order chi connectivity index (χ0) is 37.6. The number of nitrogens with zero attached hydrogens (tertiary/aromatic N) is 3. The van der Waals surface area contributed by atoms with Crippen molar-refractivity contribution < 1.29 is 23.6 Å². The number of carbonyl (C=O) groups is 2. The number of fused-ring (bicyclic) bond motifs is 3. The number of amides is 2. The molecule has 2 bridgehead atoms. The molecule has 2 aromatic carbocycles. The number of hydrogen-bond acceptors (Lipinski definition) is 7. The quantitative estimate of drug-likeness (QED) is 0.331. The molecule has 2 saturated heterocycles. The van der Waals surface area contributed by atoms with Crippen LogP contribution in [-0.2, 0) is 22.2 Å². The van der Waals surface area contributed by atoms with E-state index in [0.717, 1.165) is 88.4 Å². The van der Waals surface area contributed by atoms with Crippen LogP contribution >= 0.6 is 11.6 Å². The van der Waals surface area contributed by atoms with Crippen LogP contribution < -0.4 is 14.4 Å². The van der Waals surface area contributed by atoms with Gasteiger partial charge in [0.1, 0.15) is 16.7 Å². The van der Waals surface area contributed by atoms with Gasteiger partial charge >= 0.3 is 0 Å². The fraction of sp³-hybridized carbons (Fsp3) is 0.619. The number of allylic oxidation sites excluding steroid dienone is 1. The topological polar surface area (TPSA) is 102 Å². The Morgan fingerprint density at radius 3 is 2.62 bits per heavy atom. The summed E-state index contributed by atoms with van der Waals surface area (Å²) in [6.07, 6.45) is 13.3. The van der Waals surface area contributed by atoms with Crippen molar-refractivity contribution in [2.75, 3.05) is 57.9 Å². The average Bonchev–Trinajstić information content (AvgIpc) is 3.32. The molecule has 4 heterocycles. The molecule has 9 nitrogen and oxygen atoms in total. The van der Waals surface area contributed by atoms with Gasteiger partial charge in [-0.2, -0.15) is 0 Å². The van der Waals surface area contributed by atoms with Crippen LogP contribution in [0.2, 0.25) is 5.02 Å². The molecule has 5 aliphatic rings. The van der Waals surface area contributed by atoms with Gasteiger partial charge in [-0.3, -0.25) is 19.2 Å². The fourth-order valence-corrected chi connectivity index (χ4v) is 10.3. The van der Waals surface area contributed by atoms with E-state index in [1.807, 2.05) is 25.1 Å². The maximum absolute atomic E-state index is 13.5. The Kier molecular flexibility index (Phi) is 13.6. The Morgan fingerprint density at radius 1 is 1.02 bits per heavy atom. The van der Waals surface area contributed by atoms with Crippen molar-refractivity contribution in [1.82, 2.24) is 14.5 Å². The molecule has 11 heteroatoms. The number of rotatable bonds is 5. The van der Waals surface area contributed by atoms with Gasteiger partial charge in [0.15, 0.2) is 0 Å². The predicted octanol–water partition coefficient (Wildman–Crippen LogP) is 6.60. The van der Waals surface area contributed by atoms with Gasteiger partial charge in [-0.1, -0.05) is 56.5 Å². The van der Waals surface area contributed by atoms with Crippen molar-refractivity contribution in [2.24, 2.45) is 23.7 Å². The van der Waals surface area contributed by atoms with Gasteiger partial charge in [0.25, 0.3) is 5.91 Å². The molecule has 1 saturated carbocycles. The molecule has 2 aromatic rings. The van der Waals surface area contributed by atoms with Gasteiger partial charge in [-0.15, -0.1) is 0 Å². The molecule has 8 unspecified atom stereocenters. The normalized spacial score (nSPS) is 31.4. The van der Waals surface area contributed by atoms with E-state index in [1.54, 1.807) is 6.07 Å². The van der Waals surface area contributed by atoms with Crippen LogP contribution in [0.1, 0.15) is 93.1 Å². The van der Waals surface area contributed by atoms with Crippen molar-refractivity contribution in [3.63, 3.8) is 0 Å². The minimum Gasteiger partial charge on any atom is -0.491 e. The van der Waals surface area contributed by atoms with Crippen LogP contribution in [0.5, 0.6) is 5.75 Å². The number of aliphatic hydroxyl groups is 1. The maximum atomic E-state index is 13.5. The van der Waals surface area contributed by atoms with Crippen LogP contribution in [0.3, 0.4) is 0 Å². The molecular weight excluding hydrogens is 708 g/mol. The number of aryl methyl sites for hydroxylation is 1. The van der Waals surface area contributed by atoms with Crippen LogP contribution in [0.15, 0.2) is 48.6 Å². The number of ether oxygens (including phenoxy) is 1. The lowest BCUT2D eigenvalue weighted by Crippen LogP contribution is -2.58.